The van der Waals surface area contributed by atoms with Gasteiger partial charge in [-0.05, 0) is 25.1 Å². The number of aryl methyl sites for hydroxylation is 1. The van der Waals surface area contributed by atoms with Crippen molar-refractivity contribution >= 4 is 57.6 Å². The van der Waals surface area contributed by atoms with Crippen molar-refractivity contribution in [1.82, 2.24) is 4.90 Å². The molecule has 1 aliphatic heterocycles. The van der Waals surface area contributed by atoms with E-state index in [1.165, 1.54) is 0 Å². The zero-order valence-corrected chi connectivity index (χ0v) is 11.8. The van der Waals surface area contributed by atoms with Gasteiger partial charge in [-0.2, -0.15) is 0 Å². The molecule has 1 fully saturated rings. The minimum atomic E-state index is -1.07. The van der Waals surface area contributed by atoms with Gasteiger partial charge in [0.1, 0.15) is 10.9 Å². The largest absolute Gasteiger partial charge is 0.480 e. The second kappa shape index (κ2) is 5.21. The second-order valence-corrected chi connectivity index (χ2v) is 6.61. The molecule has 0 aliphatic carbocycles. The summed E-state index contributed by atoms with van der Waals surface area (Å²) in [6.07, 6.45) is 1.75. The first kappa shape index (κ1) is 13.3. The molecule has 7 heteroatoms. The molecule has 2 rings (SSSR count). The van der Waals surface area contributed by atoms with Gasteiger partial charge in [-0.1, -0.05) is 24.0 Å². The maximum absolute atomic E-state index is 12.0. The van der Waals surface area contributed by atoms with E-state index in [9.17, 15) is 9.59 Å². The van der Waals surface area contributed by atoms with Crippen LogP contribution in [0.5, 0.6) is 0 Å². The fourth-order valence-corrected chi connectivity index (χ4v) is 3.57. The number of amides is 1. The van der Waals surface area contributed by atoms with Crippen LogP contribution in [0, 0.1) is 6.92 Å². The van der Waals surface area contributed by atoms with Crippen molar-refractivity contribution < 1.29 is 14.7 Å². The molecule has 18 heavy (non-hydrogen) atoms. The van der Waals surface area contributed by atoms with E-state index in [2.05, 4.69) is 0 Å². The van der Waals surface area contributed by atoms with Crippen LogP contribution in [-0.2, 0) is 9.59 Å². The maximum atomic E-state index is 12.0. The number of thiophene rings is 1. The Bertz CT molecular complexity index is 562. The van der Waals surface area contributed by atoms with E-state index in [0.29, 0.717) is 9.23 Å². The molecule has 0 bridgehead atoms. The van der Waals surface area contributed by atoms with Gasteiger partial charge in [0.2, 0.25) is 0 Å². The van der Waals surface area contributed by atoms with Crippen LogP contribution in [0.2, 0.25) is 0 Å². The number of rotatable bonds is 3. The van der Waals surface area contributed by atoms with Crippen molar-refractivity contribution in [2.24, 2.45) is 0 Å². The van der Waals surface area contributed by atoms with Gasteiger partial charge in [-0.15, -0.1) is 11.3 Å². The van der Waals surface area contributed by atoms with Crippen LogP contribution in [0.15, 0.2) is 17.0 Å². The molecule has 2 heterocycles. The lowest BCUT2D eigenvalue weighted by Crippen LogP contribution is -2.33. The highest BCUT2D eigenvalue weighted by Crippen LogP contribution is 2.33. The van der Waals surface area contributed by atoms with Crippen LogP contribution in [0.25, 0.3) is 6.08 Å². The molecule has 0 atom stereocenters. The Labute approximate surface area is 117 Å². The summed E-state index contributed by atoms with van der Waals surface area (Å²) in [5.74, 6) is -1.40. The summed E-state index contributed by atoms with van der Waals surface area (Å²) in [6.45, 7) is 1.60. The van der Waals surface area contributed by atoms with Gasteiger partial charge in [-0.3, -0.25) is 14.5 Å². The first-order valence-corrected chi connectivity index (χ1v) is 7.05. The summed E-state index contributed by atoms with van der Waals surface area (Å²) in [5, 5.41) is 8.71. The average molecular weight is 299 g/mol. The number of carboxylic acid groups (broad SMARTS) is 1. The lowest BCUT2D eigenvalue weighted by molar-refractivity contribution is -0.140. The van der Waals surface area contributed by atoms with Gasteiger partial charge in [0.25, 0.3) is 5.91 Å². The summed E-state index contributed by atoms with van der Waals surface area (Å²) in [5.41, 5.74) is 0. The van der Waals surface area contributed by atoms with Gasteiger partial charge in [0.05, 0.1) is 4.91 Å². The third kappa shape index (κ3) is 2.80. The molecule has 0 aromatic carbocycles. The fraction of sp³-hybridized carbons (Fsp3) is 0.182. The molecular weight excluding hydrogens is 290 g/mol. The number of aliphatic carboxylic acids is 1. The van der Waals surface area contributed by atoms with Crippen molar-refractivity contribution in [3.05, 3.63) is 26.8 Å². The number of carbonyl (C=O) groups is 2. The van der Waals surface area contributed by atoms with Gasteiger partial charge >= 0.3 is 5.97 Å². The van der Waals surface area contributed by atoms with E-state index >= 15 is 0 Å². The summed E-state index contributed by atoms with van der Waals surface area (Å²) in [6, 6.07) is 3.89. The number of hydrogen-bond donors (Lipinski definition) is 1. The highest BCUT2D eigenvalue weighted by Gasteiger charge is 2.33. The van der Waals surface area contributed by atoms with Gasteiger partial charge in [0, 0.05) is 9.75 Å². The first-order valence-electron chi connectivity index (χ1n) is 5.01. The van der Waals surface area contributed by atoms with E-state index in [0.717, 1.165) is 26.4 Å². The monoisotopic (exact) mass is 299 g/mol. The lowest BCUT2D eigenvalue weighted by atomic mass is 10.3. The SMILES string of the molecule is Cc1ccc(C=C2SC(=S)N(CC(=O)O)C2=O)s1. The molecule has 0 saturated carbocycles. The molecule has 1 amide bonds. The molecule has 4 nitrogen and oxygen atoms in total. The van der Waals surface area contributed by atoms with E-state index in [-0.39, 0.29) is 12.5 Å². The fourth-order valence-electron chi connectivity index (χ4n) is 1.43. The predicted octanol–water partition coefficient (Wildman–Crippen LogP) is 2.34. The van der Waals surface area contributed by atoms with Crippen molar-refractivity contribution in [1.29, 1.82) is 0 Å². The Morgan fingerprint density at radius 3 is 2.83 bits per heavy atom. The Hall–Kier alpha value is -1.18. The van der Waals surface area contributed by atoms with Crippen molar-refractivity contribution in [2.45, 2.75) is 6.92 Å². The standard InChI is InChI=1S/C11H9NO3S3/c1-6-2-3-7(17-6)4-8-10(15)12(5-9(13)14)11(16)18-8/h2-4H,5H2,1H3,(H,13,14). The molecule has 1 aromatic rings. The molecular formula is C11H9NO3S3. The Kier molecular flexibility index (Phi) is 3.84. The van der Waals surface area contributed by atoms with Gasteiger partial charge < -0.3 is 5.11 Å². The summed E-state index contributed by atoms with van der Waals surface area (Å²) in [7, 11) is 0. The van der Waals surface area contributed by atoms with Crippen molar-refractivity contribution in [3.8, 4) is 0 Å². The van der Waals surface area contributed by atoms with Crippen LogP contribution in [0.4, 0.5) is 0 Å². The molecule has 1 N–H and O–H groups in total. The van der Waals surface area contributed by atoms with Crippen molar-refractivity contribution in [3.63, 3.8) is 0 Å². The minimum Gasteiger partial charge on any atom is -0.480 e. The second-order valence-electron chi connectivity index (χ2n) is 3.61. The van der Waals surface area contributed by atoms with Crippen molar-refractivity contribution in [2.75, 3.05) is 6.54 Å². The molecule has 0 spiro atoms. The topological polar surface area (TPSA) is 57.6 Å². The van der Waals surface area contributed by atoms with Gasteiger partial charge in [0.15, 0.2) is 0 Å². The van der Waals surface area contributed by atoms with Crippen LogP contribution >= 0.6 is 35.3 Å². The average Bonchev–Trinajstić information content (AvgIpc) is 2.78. The number of hydrogen-bond acceptors (Lipinski definition) is 5. The van der Waals surface area contributed by atoms with Crippen LogP contribution in [0.1, 0.15) is 9.75 Å². The molecule has 0 unspecified atom stereocenters. The summed E-state index contributed by atoms with van der Waals surface area (Å²) >= 11 is 7.71. The minimum absolute atomic E-state index is 0.293. The highest BCUT2D eigenvalue weighted by molar-refractivity contribution is 8.26. The Morgan fingerprint density at radius 2 is 2.28 bits per heavy atom. The number of thiocarbonyl (C=S) groups is 1. The molecule has 0 radical (unpaired) electrons. The van der Waals surface area contributed by atoms with E-state index < -0.39 is 5.97 Å². The zero-order chi connectivity index (χ0) is 13.3. The summed E-state index contributed by atoms with van der Waals surface area (Å²) in [4.78, 5) is 26.3. The predicted molar refractivity (Wildman–Crippen MR) is 76.6 cm³/mol. The quantitative estimate of drug-likeness (QED) is 0.686. The van der Waals surface area contributed by atoms with Crippen LogP contribution < -0.4 is 0 Å². The Morgan fingerprint density at radius 1 is 1.56 bits per heavy atom. The maximum Gasteiger partial charge on any atom is 0.323 e. The number of nitrogens with zero attached hydrogens (tertiary/aromatic N) is 1. The smallest absolute Gasteiger partial charge is 0.323 e. The molecule has 1 saturated heterocycles. The van der Waals surface area contributed by atoms with E-state index in [1.54, 1.807) is 17.4 Å². The lowest BCUT2D eigenvalue weighted by Gasteiger charge is -2.09. The Balaban J connectivity index is 2.22. The molecule has 1 aromatic heterocycles. The number of thioether (sulfide) groups is 1. The third-order valence-electron chi connectivity index (χ3n) is 2.20. The molecule has 94 valence electrons. The first-order chi connectivity index (χ1) is 8.47. The van der Waals surface area contributed by atoms with E-state index in [1.807, 2.05) is 19.1 Å². The normalized spacial score (nSPS) is 17.8. The number of carbonyl (C=O) groups excluding carboxylic acids is 1. The molecule has 1 aliphatic rings. The van der Waals surface area contributed by atoms with E-state index in [4.69, 9.17) is 17.3 Å². The van der Waals surface area contributed by atoms with Gasteiger partial charge in [-0.25, -0.2) is 0 Å². The van der Waals surface area contributed by atoms with Crippen LogP contribution in [0.3, 0.4) is 0 Å². The summed E-state index contributed by atoms with van der Waals surface area (Å²) < 4.78 is 0.293. The highest BCUT2D eigenvalue weighted by atomic mass is 32.2. The third-order valence-corrected chi connectivity index (χ3v) is 4.53. The zero-order valence-electron chi connectivity index (χ0n) is 9.37. The van der Waals surface area contributed by atoms with Crippen LogP contribution in [-0.4, -0.2) is 32.7 Å². The number of carboxylic acids is 1.